The fourth-order valence-electron chi connectivity index (χ4n) is 3.83. The van der Waals surface area contributed by atoms with Crippen molar-refractivity contribution in [2.24, 2.45) is 0 Å². The molecule has 10 heteroatoms. The minimum atomic E-state index is -0.197. The van der Waals surface area contributed by atoms with Gasteiger partial charge in [0.1, 0.15) is 16.4 Å². The van der Waals surface area contributed by atoms with Crippen LogP contribution in [-0.2, 0) is 6.54 Å². The number of unbranched alkanes of at least 4 members (excludes halogenated alkanes) is 1. The molecule has 0 atom stereocenters. The van der Waals surface area contributed by atoms with E-state index in [1.165, 1.54) is 25.6 Å². The Morgan fingerprint density at radius 3 is 2.48 bits per heavy atom. The van der Waals surface area contributed by atoms with Crippen LogP contribution in [0.3, 0.4) is 0 Å². The number of aromatic nitrogens is 2. The third-order valence-electron chi connectivity index (χ3n) is 5.54. The molecule has 0 bridgehead atoms. The van der Waals surface area contributed by atoms with E-state index >= 15 is 0 Å². The first kappa shape index (κ1) is 23.8. The predicted octanol–water partition coefficient (Wildman–Crippen LogP) is 6.34. The van der Waals surface area contributed by atoms with Crippen LogP contribution in [0.15, 0.2) is 25.9 Å². The van der Waals surface area contributed by atoms with Crippen molar-refractivity contribution in [3.8, 4) is 34.4 Å². The second-order valence-corrected chi connectivity index (χ2v) is 10.2. The topological polar surface area (TPSA) is 93.8 Å². The molecule has 33 heavy (non-hydrogen) atoms. The second-order valence-electron chi connectivity index (χ2n) is 7.58. The summed E-state index contributed by atoms with van der Waals surface area (Å²) in [5.41, 5.74) is 1.13. The first-order valence-corrected chi connectivity index (χ1v) is 12.6. The molecule has 0 saturated heterocycles. The van der Waals surface area contributed by atoms with Gasteiger partial charge in [-0.25, -0.2) is 4.98 Å². The van der Waals surface area contributed by atoms with Gasteiger partial charge in [0.05, 0.1) is 33.3 Å². The van der Waals surface area contributed by atoms with Crippen molar-refractivity contribution < 1.29 is 19.7 Å². The molecule has 0 radical (unpaired) electrons. The van der Waals surface area contributed by atoms with Crippen molar-refractivity contribution in [1.29, 1.82) is 0 Å². The smallest absolute Gasteiger partial charge is 0.263 e. The van der Waals surface area contributed by atoms with Gasteiger partial charge >= 0.3 is 0 Å². The highest BCUT2D eigenvalue weighted by Gasteiger charge is 2.25. The van der Waals surface area contributed by atoms with Gasteiger partial charge in [0.2, 0.25) is 5.75 Å². The SMILES string of the molecule is CCCCn1c(-c2cc(OC)c(OC)c(O)c2Br)nc2sc3c(O)c(Br)c(C)cc3c2c1=O. The van der Waals surface area contributed by atoms with Gasteiger partial charge in [-0.3, -0.25) is 9.36 Å². The summed E-state index contributed by atoms with van der Waals surface area (Å²) in [7, 11) is 2.92. The van der Waals surface area contributed by atoms with Crippen LogP contribution in [0.5, 0.6) is 23.0 Å². The number of phenolic OH excluding ortho intramolecular Hbond substituents is 2. The Bertz CT molecular complexity index is 1460. The molecule has 2 aromatic carbocycles. The molecule has 2 N–H and O–H groups in total. The lowest BCUT2D eigenvalue weighted by Gasteiger charge is -2.17. The highest BCUT2D eigenvalue weighted by Crippen LogP contribution is 2.48. The van der Waals surface area contributed by atoms with E-state index in [4.69, 9.17) is 14.5 Å². The Kier molecular flexibility index (Phi) is 6.61. The van der Waals surface area contributed by atoms with E-state index in [0.717, 1.165) is 18.4 Å². The first-order chi connectivity index (χ1) is 15.7. The van der Waals surface area contributed by atoms with E-state index in [1.807, 2.05) is 19.9 Å². The van der Waals surface area contributed by atoms with Crippen LogP contribution in [0, 0.1) is 6.92 Å². The summed E-state index contributed by atoms with van der Waals surface area (Å²) in [4.78, 5) is 19.1. The van der Waals surface area contributed by atoms with Crippen molar-refractivity contribution in [1.82, 2.24) is 9.55 Å². The molecule has 2 heterocycles. The maximum absolute atomic E-state index is 13.8. The summed E-state index contributed by atoms with van der Waals surface area (Å²) in [6.07, 6.45) is 1.66. The van der Waals surface area contributed by atoms with E-state index in [2.05, 4.69) is 31.9 Å². The number of aromatic hydroxyl groups is 2. The zero-order valence-corrected chi connectivity index (χ0v) is 22.4. The van der Waals surface area contributed by atoms with Crippen molar-refractivity contribution in [2.75, 3.05) is 14.2 Å². The molecule has 4 rings (SSSR count). The number of hydrogen-bond acceptors (Lipinski definition) is 7. The van der Waals surface area contributed by atoms with E-state index in [-0.39, 0.29) is 22.8 Å². The van der Waals surface area contributed by atoms with Crippen LogP contribution in [0.2, 0.25) is 0 Å². The molecular formula is C23H22Br2N2O5S. The standard InChI is InChI=1S/C23H22Br2N2O5S/c1-5-6-7-27-21(12-9-13(31-3)19(32-4)17(28)16(12)25)26-22-14(23(27)30)11-8-10(2)15(24)18(29)20(11)33-22/h8-9,28-29H,5-7H2,1-4H3. The number of ether oxygens (including phenoxy) is 2. The Balaban J connectivity index is 2.13. The fraction of sp³-hybridized carbons (Fsp3) is 0.304. The lowest BCUT2D eigenvalue weighted by Crippen LogP contribution is -2.23. The molecule has 0 fully saturated rings. The first-order valence-electron chi connectivity index (χ1n) is 10.2. The maximum atomic E-state index is 13.8. The van der Waals surface area contributed by atoms with Crippen molar-refractivity contribution in [3.05, 3.63) is 37.0 Å². The normalized spacial score (nSPS) is 11.5. The zero-order chi connectivity index (χ0) is 24.0. The van der Waals surface area contributed by atoms with Crippen LogP contribution in [0.4, 0.5) is 0 Å². The van der Waals surface area contributed by atoms with Gasteiger partial charge in [0.15, 0.2) is 11.5 Å². The molecule has 0 unspecified atom stereocenters. The number of methoxy groups -OCH3 is 2. The molecular weight excluding hydrogens is 576 g/mol. The van der Waals surface area contributed by atoms with E-state index < -0.39 is 0 Å². The highest BCUT2D eigenvalue weighted by atomic mass is 79.9. The molecule has 0 aliphatic carbocycles. The third kappa shape index (κ3) is 3.77. The molecule has 0 amide bonds. The monoisotopic (exact) mass is 596 g/mol. The Hall–Kier alpha value is -2.30. The molecule has 0 spiro atoms. The van der Waals surface area contributed by atoms with E-state index in [0.29, 0.717) is 52.9 Å². The van der Waals surface area contributed by atoms with Gasteiger partial charge in [-0.05, 0) is 62.9 Å². The van der Waals surface area contributed by atoms with E-state index in [9.17, 15) is 15.0 Å². The summed E-state index contributed by atoms with van der Waals surface area (Å²) in [6.45, 7) is 4.37. The summed E-state index contributed by atoms with van der Waals surface area (Å²) in [5, 5.41) is 22.6. The van der Waals surface area contributed by atoms with Gasteiger partial charge in [0, 0.05) is 17.5 Å². The fourth-order valence-corrected chi connectivity index (χ4v) is 5.84. The number of hydrogen-bond donors (Lipinski definition) is 2. The highest BCUT2D eigenvalue weighted by molar-refractivity contribution is 9.11. The largest absolute Gasteiger partial charge is 0.505 e. The molecule has 174 valence electrons. The molecule has 2 aromatic heterocycles. The van der Waals surface area contributed by atoms with Gasteiger partial charge in [-0.1, -0.05) is 13.3 Å². The average Bonchev–Trinajstić information content (AvgIpc) is 3.17. The molecule has 0 aliphatic rings. The van der Waals surface area contributed by atoms with Gasteiger partial charge in [-0.15, -0.1) is 11.3 Å². The van der Waals surface area contributed by atoms with Gasteiger partial charge < -0.3 is 19.7 Å². The molecule has 0 aliphatic heterocycles. The number of fused-ring (bicyclic) bond motifs is 3. The van der Waals surface area contributed by atoms with Crippen molar-refractivity contribution in [2.45, 2.75) is 33.2 Å². The van der Waals surface area contributed by atoms with Crippen LogP contribution in [-0.4, -0.2) is 34.0 Å². The average molecular weight is 598 g/mol. The summed E-state index contributed by atoms with van der Waals surface area (Å²) >= 11 is 8.12. The minimum absolute atomic E-state index is 0.0963. The number of phenols is 2. The second kappa shape index (κ2) is 9.15. The van der Waals surface area contributed by atoms with Crippen molar-refractivity contribution >= 4 is 63.5 Å². The number of benzene rings is 2. The number of halogens is 2. The molecule has 7 nitrogen and oxygen atoms in total. The predicted molar refractivity (Wildman–Crippen MR) is 138 cm³/mol. The van der Waals surface area contributed by atoms with Crippen molar-refractivity contribution in [3.63, 3.8) is 0 Å². The summed E-state index contributed by atoms with van der Waals surface area (Å²) in [5.74, 6) is 0.851. The van der Waals surface area contributed by atoms with Crippen LogP contribution >= 0.6 is 43.2 Å². The number of aryl methyl sites for hydroxylation is 1. The summed E-state index contributed by atoms with van der Waals surface area (Å²) in [6, 6.07) is 3.58. The lowest BCUT2D eigenvalue weighted by molar-refractivity contribution is 0.332. The Labute approximate surface area is 210 Å². The van der Waals surface area contributed by atoms with E-state index in [1.54, 1.807) is 10.6 Å². The summed E-state index contributed by atoms with van der Waals surface area (Å²) < 4.78 is 13.9. The van der Waals surface area contributed by atoms with Gasteiger partial charge in [-0.2, -0.15) is 0 Å². The molecule has 4 aromatic rings. The minimum Gasteiger partial charge on any atom is -0.505 e. The maximum Gasteiger partial charge on any atom is 0.263 e. The third-order valence-corrected chi connectivity index (χ3v) is 8.45. The van der Waals surface area contributed by atoms with Gasteiger partial charge in [0.25, 0.3) is 5.56 Å². The number of thiophene rings is 1. The lowest BCUT2D eigenvalue weighted by atomic mass is 10.1. The zero-order valence-electron chi connectivity index (χ0n) is 18.5. The number of rotatable bonds is 6. The van der Waals surface area contributed by atoms with Crippen LogP contribution < -0.4 is 15.0 Å². The Morgan fingerprint density at radius 2 is 1.85 bits per heavy atom. The Morgan fingerprint density at radius 1 is 1.12 bits per heavy atom. The molecule has 0 saturated carbocycles. The number of nitrogens with zero attached hydrogens (tertiary/aromatic N) is 2. The van der Waals surface area contributed by atoms with Crippen LogP contribution in [0.25, 0.3) is 31.7 Å². The quantitative estimate of drug-likeness (QED) is 0.269. The van der Waals surface area contributed by atoms with Crippen LogP contribution in [0.1, 0.15) is 25.3 Å².